The molecule has 21 heavy (non-hydrogen) atoms. The molecule has 1 aliphatic heterocycles. The van der Waals surface area contributed by atoms with E-state index in [0.29, 0.717) is 5.92 Å². The van der Waals surface area contributed by atoms with E-state index in [1.54, 1.807) is 0 Å². The second kappa shape index (κ2) is 7.46. The molecule has 2 rings (SSSR count). The topological polar surface area (TPSA) is 35.6 Å². The van der Waals surface area contributed by atoms with E-state index in [4.69, 9.17) is 0 Å². The summed E-state index contributed by atoms with van der Waals surface area (Å²) in [5.41, 5.74) is 1.92. The Balaban J connectivity index is 1.87. The Hall–Kier alpha value is -1.55. The van der Waals surface area contributed by atoms with E-state index in [9.17, 15) is 4.79 Å². The molecule has 0 bridgehead atoms. The summed E-state index contributed by atoms with van der Waals surface area (Å²) < 4.78 is 0. The molecular weight excluding hydrogens is 262 g/mol. The molecule has 1 aromatic rings. The van der Waals surface area contributed by atoms with Gasteiger partial charge >= 0.3 is 0 Å². The van der Waals surface area contributed by atoms with Crippen molar-refractivity contribution in [1.82, 2.24) is 10.2 Å². The molecule has 1 aromatic carbocycles. The van der Waals surface area contributed by atoms with Crippen LogP contribution in [0.25, 0.3) is 0 Å². The molecule has 1 saturated heterocycles. The molecule has 4 nitrogen and oxygen atoms in total. The van der Waals surface area contributed by atoms with Gasteiger partial charge in [0.05, 0.1) is 0 Å². The molecule has 1 fully saturated rings. The van der Waals surface area contributed by atoms with Crippen LogP contribution in [0.3, 0.4) is 0 Å². The average Bonchev–Trinajstić information content (AvgIpc) is 2.92. The third-order valence-electron chi connectivity index (χ3n) is 4.30. The number of anilines is 1. The highest BCUT2D eigenvalue weighted by Gasteiger charge is 2.20. The maximum Gasteiger partial charge on any atom is 0.251 e. The van der Waals surface area contributed by atoms with Crippen LogP contribution in [0.2, 0.25) is 0 Å². The van der Waals surface area contributed by atoms with Crippen molar-refractivity contribution in [3.8, 4) is 0 Å². The number of amides is 1. The molecule has 1 N–H and O–H groups in total. The lowest BCUT2D eigenvalue weighted by Crippen LogP contribution is -2.30. The number of carbonyl (C=O) groups is 1. The fourth-order valence-electron chi connectivity index (χ4n) is 2.94. The minimum atomic E-state index is 0.0376. The van der Waals surface area contributed by atoms with E-state index in [-0.39, 0.29) is 5.91 Å². The minimum absolute atomic E-state index is 0.0376. The quantitative estimate of drug-likeness (QED) is 0.872. The van der Waals surface area contributed by atoms with Gasteiger partial charge in [0.15, 0.2) is 0 Å². The summed E-state index contributed by atoms with van der Waals surface area (Å²) in [6.45, 7) is 9.25. The Bertz CT molecular complexity index is 454. The lowest BCUT2D eigenvalue weighted by molar-refractivity contribution is 0.0947. The molecule has 116 valence electrons. The van der Waals surface area contributed by atoms with E-state index in [1.807, 2.05) is 24.3 Å². The first kappa shape index (κ1) is 15.8. The van der Waals surface area contributed by atoms with Gasteiger partial charge in [-0.2, -0.15) is 0 Å². The van der Waals surface area contributed by atoms with Gasteiger partial charge in [-0.25, -0.2) is 0 Å². The summed E-state index contributed by atoms with van der Waals surface area (Å²) in [6, 6.07) is 7.91. The van der Waals surface area contributed by atoms with Crippen LogP contribution in [0.15, 0.2) is 24.3 Å². The van der Waals surface area contributed by atoms with Gasteiger partial charge in [-0.05, 0) is 64.0 Å². The molecule has 0 aliphatic carbocycles. The summed E-state index contributed by atoms with van der Waals surface area (Å²) in [5, 5.41) is 3.06. The number of carbonyl (C=O) groups excluding carboxylic acids is 1. The third-order valence-corrected chi connectivity index (χ3v) is 4.30. The summed E-state index contributed by atoms with van der Waals surface area (Å²) in [5.74, 6) is 0.629. The maximum absolute atomic E-state index is 12.2. The van der Waals surface area contributed by atoms with Gasteiger partial charge in [0.1, 0.15) is 0 Å². The second-order valence-corrected chi connectivity index (χ2v) is 5.85. The number of benzene rings is 1. The second-order valence-electron chi connectivity index (χ2n) is 5.85. The predicted molar refractivity (Wildman–Crippen MR) is 87.9 cm³/mol. The van der Waals surface area contributed by atoms with Crippen LogP contribution in [0.5, 0.6) is 0 Å². The van der Waals surface area contributed by atoms with E-state index in [2.05, 4.69) is 36.0 Å². The van der Waals surface area contributed by atoms with Crippen molar-refractivity contribution in [3.05, 3.63) is 29.8 Å². The fourth-order valence-corrected chi connectivity index (χ4v) is 2.94. The SMILES string of the molecule is CCN(CC)c1ccc(C(=O)NCC2CCN(C)C2)cc1. The number of nitrogens with zero attached hydrogens (tertiary/aromatic N) is 2. The molecule has 0 aromatic heterocycles. The zero-order chi connectivity index (χ0) is 15.2. The Kier molecular flexibility index (Phi) is 5.62. The Morgan fingerprint density at radius 1 is 1.29 bits per heavy atom. The predicted octanol–water partition coefficient (Wildman–Crippen LogP) is 2.21. The fraction of sp³-hybridized carbons (Fsp3) is 0.588. The van der Waals surface area contributed by atoms with Crippen LogP contribution in [0, 0.1) is 5.92 Å². The lowest BCUT2D eigenvalue weighted by Gasteiger charge is -2.21. The molecule has 1 heterocycles. The Morgan fingerprint density at radius 2 is 1.95 bits per heavy atom. The number of nitrogens with one attached hydrogen (secondary N) is 1. The molecule has 0 saturated carbocycles. The van der Waals surface area contributed by atoms with Crippen molar-refractivity contribution in [2.24, 2.45) is 5.92 Å². The number of rotatable bonds is 6. The molecule has 0 radical (unpaired) electrons. The van der Waals surface area contributed by atoms with Crippen LogP contribution >= 0.6 is 0 Å². The smallest absolute Gasteiger partial charge is 0.251 e. The average molecular weight is 289 g/mol. The number of hydrogen-bond acceptors (Lipinski definition) is 3. The van der Waals surface area contributed by atoms with E-state index in [1.165, 1.54) is 12.1 Å². The van der Waals surface area contributed by atoms with Gasteiger partial charge in [0, 0.05) is 37.4 Å². The van der Waals surface area contributed by atoms with Crippen molar-refractivity contribution < 1.29 is 4.79 Å². The van der Waals surface area contributed by atoms with Crippen LogP contribution in [0.4, 0.5) is 5.69 Å². The van der Waals surface area contributed by atoms with E-state index in [0.717, 1.165) is 38.3 Å². The van der Waals surface area contributed by atoms with Gasteiger partial charge in [0.2, 0.25) is 0 Å². The van der Waals surface area contributed by atoms with Crippen molar-refractivity contribution >= 4 is 11.6 Å². The van der Waals surface area contributed by atoms with Crippen LogP contribution < -0.4 is 10.2 Å². The highest BCUT2D eigenvalue weighted by atomic mass is 16.1. The van der Waals surface area contributed by atoms with E-state index < -0.39 is 0 Å². The van der Waals surface area contributed by atoms with Crippen LogP contribution in [-0.4, -0.2) is 50.6 Å². The Labute approximate surface area is 128 Å². The first-order valence-corrected chi connectivity index (χ1v) is 7.95. The standard InChI is InChI=1S/C17H27N3O/c1-4-20(5-2)16-8-6-15(7-9-16)17(21)18-12-14-10-11-19(3)13-14/h6-9,14H,4-5,10-13H2,1-3H3,(H,18,21). The zero-order valence-corrected chi connectivity index (χ0v) is 13.4. The van der Waals surface area contributed by atoms with Gasteiger partial charge in [-0.3, -0.25) is 4.79 Å². The third kappa shape index (κ3) is 4.21. The number of hydrogen-bond donors (Lipinski definition) is 1. The molecule has 1 atom stereocenters. The Morgan fingerprint density at radius 3 is 2.48 bits per heavy atom. The minimum Gasteiger partial charge on any atom is -0.372 e. The van der Waals surface area contributed by atoms with Gasteiger partial charge in [0.25, 0.3) is 5.91 Å². The highest BCUT2D eigenvalue weighted by molar-refractivity contribution is 5.94. The molecule has 0 spiro atoms. The molecular formula is C17H27N3O. The van der Waals surface area contributed by atoms with Crippen molar-refractivity contribution in [2.45, 2.75) is 20.3 Å². The number of likely N-dealkylation sites (tertiary alicyclic amines) is 1. The largest absolute Gasteiger partial charge is 0.372 e. The monoisotopic (exact) mass is 289 g/mol. The molecule has 1 amide bonds. The first-order valence-electron chi connectivity index (χ1n) is 7.95. The van der Waals surface area contributed by atoms with Gasteiger partial charge in [-0.15, -0.1) is 0 Å². The van der Waals surface area contributed by atoms with Crippen LogP contribution in [0.1, 0.15) is 30.6 Å². The van der Waals surface area contributed by atoms with Crippen LogP contribution in [-0.2, 0) is 0 Å². The van der Waals surface area contributed by atoms with E-state index >= 15 is 0 Å². The zero-order valence-electron chi connectivity index (χ0n) is 13.4. The van der Waals surface area contributed by atoms with Crippen molar-refractivity contribution in [2.75, 3.05) is 44.7 Å². The van der Waals surface area contributed by atoms with Crippen molar-refractivity contribution in [3.63, 3.8) is 0 Å². The lowest BCUT2D eigenvalue weighted by atomic mass is 10.1. The highest BCUT2D eigenvalue weighted by Crippen LogP contribution is 2.16. The van der Waals surface area contributed by atoms with Gasteiger partial charge < -0.3 is 15.1 Å². The first-order chi connectivity index (χ1) is 10.1. The summed E-state index contributed by atoms with van der Waals surface area (Å²) >= 11 is 0. The maximum atomic E-state index is 12.2. The summed E-state index contributed by atoms with van der Waals surface area (Å²) in [4.78, 5) is 16.8. The summed E-state index contributed by atoms with van der Waals surface area (Å²) in [7, 11) is 2.13. The normalized spacial score (nSPS) is 18.7. The molecule has 1 unspecified atom stereocenters. The summed E-state index contributed by atoms with van der Waals surface area (Å²) in [6.07, 6.45) is 1.18. The van der Waals surface area contributed by atoms with Crippen molar-refractivity contribution in [1.29, 1.82) is 0 Å². The molecule has 4 heteroatoms. The van der Waals surface area contributed by atoms with Gasteiger partial charge in [-0.1, -0.05) is 0 Å². The molecule has 1 aliphatic rings.